The molecule has 0 spiro atoms. The summed E-state index contributed by atoms with van der Waals surface area (Å²) in [6.07, 6.45) is -0.984. The summed E-state index contributed by atoms with van der Waals surface area (Å²) >= 11 is 0. The molecule has 0 aliphatic rings. The molecule has 1 unspecified atom stereocenters. The van der Waals surface area contributed by atoms with Gasteiger partial charge in [0.05, 0.1) is 0 Å². The smallest absolute Gasteiger partial charge is 0.822 e. The second-order valence-electron chi connectivity index (χ2n) is 2.00. The zero-order valence-electron chi connectivity index (χ0n) is 6.78. The molecule has 0 N–H and O–H groups in total. The summed E-state index contributed by atoms with van der Waals surface area (Å²) in [5, 5.41) is 10.5. The monoisotopic (exact) mass is 176 g/mol. The Kier molecular flexibility index (Phi) is 6.51. The fraction of sp³-hybridized carbons (Fsp3) is 0.250. The second kappa shape index (κ2) is 6.17. The Bertz CT molecular complexity index is 187. The number of benzene rings is 1. The molecule has 54 valence electrons. The van der Waals surface area contributed by atoms with Crippen molar-refractivity contribution in [2.75, 3.05) is 0 Å². The van der Waals surface area contributed by atoms with E-state index in [1.54, 1.807) is 12.1 Å². The number of hydrogen-bond acceptors (Lipinski definition) is 2. The molecule has 1 atom stereocenters. The van der Waals surface area contributed by atoms with Gasteiger partial charge in [-0.1, -0.05) is 18.2 Å². The van der Waals surface area contributed by atoms with Crippen LogP contribution in [0.4, 0.5) is 0 Å². The molecular formula is C8H9KO2. The molecule has 1 aromatic carbocycles. The Morgan fingerprint density at radius 1 is 1.27 bits per heavy atom. The van der Waals surface area contributed by atoms with Crippen molar-refractivity contribution < 1.29 is 61.2 Å². The quantitative estimate of drug-likeness (QED) is 0.377. The molecule has 0 saturated carbocycles. The van der Waals surface area contributed by atoms with Gasteiger partial charge < -0.3 is 9.84 Å². The average molecular weight is 176 g/mol. The molecule has 0 radical (unpaired) electrons. The van der Waals surface area contributed by atoms with Gasteiger partial charge >= 0.3 is 51.4 Å². The minimum absolute atomic E-state index is 0. The number of hydrogen-bond donors (Lipinski definition) is 0. The van der Waals surface area contributed by atoms with E-state index in [1.165, 1.54) is 6.92 Å². The normalized spacial score (nSPS) is 11.5. The molecule has 0 saturated heterocycles. The zero-order chi connectivity index (χ0) is 7.40. The molecular weight excluding hydrogens is 167 g/mol. The maximum atomic E-state index is 10.5. The van der Waals surface area contributed by atoms with Crippen LogP contribution in [0.15, 0.2) is 30.3 Å². The van der Waals surface area contributed by atoms with Gasteiger partial charge in [-0.25, -0.2) is 0 Å². The van der Waals surface area contributed by atoms with Crippen LogP contribution in [0.2, 0.25) is 0 Å². The predicted octanol–water partition coefficient (Wildman–Crippen LogP) is -2.22. The van der Waals surface area contributed by atoms with Crippen LogP contribution < -0.4 is 61.2 Å². The molecule has 11 heavy (non-hydrogen) atoms. The van der Waals surface area contributed by atoms with Crippen molar-refractivity contribution in [3.05, 3.63) is 30.3 Å². The van der Waals surface area contributed by atoms with Gasteiger partial charge in [-0.3, -0.25) is 0 Å². The van der Waals surface area contributed by atoms with Crippen molar-refractivity contribution in [1.29, 1.82) is 0 Å². The van der Waals surface area contributed by atoms with Gasteiger partial charge in [0.2, 0.25) is 0 Å². The van der Waals surface area contributed by atoms with E-state index in [0.717, 1.165) is 0 Å². The molecule has 0 bridgehead atoms. The standard InChI is InChI=1S/C8H9O2.K/c1-7(9)10-8-5-3-2-4-6-8;/h2-7H,1H3;/q-1;+1. The predicted molar refractivity (Wildman–Crippen MR) is 36.5 cm³/mol. The molecule has 0 aromatic heterocycles. The number of ether oxygens (including phenoxy) is 1. The molecule has 1 rings (SSSR count). The van der Waals surface area contributed by atoms with Gasteiger partial charge in [-0.05, 0) is 19.1 Å². The van der Waals surface area contributed by atoms with E-state index in [0.29, 0.717) is 5.75 Å². The molecule has 0 heterocycles. The number of rotatable bonds is 2. The second-order valence-corrected chi connectivity index (χ2v) is 2.00. The van der Waals surface area contributed by atoms with Crippen LogP contribution in [0.1, 0.15) is 6.92 Å². The first-order valence-electron chi connectivity index (χ1n) is 3.16. The van der Waals surface area contributed by atoms with E-state index < -0.39 is 6.29 Å². The third-order valence-electron chi connectivity index (χ3n) is 1.05. The van der Waals surface area contributed by atoms with Crippen molar-refractivity contribution in [2.45, 2.75) is 13.2 Å². The van der Waals surface area contributed by atoms with Crippen LogP contribution in [-0.4, -0.2) is 6.29 Å². The van der Waals surface area contributed by atoms with E-state index in [-0.39, 0.29) is 51.4 Å². The summed E-state index contributed by atoms with van der Waals surface area (Å²) < 4.78 is 4.86. The van der Waals surface area contributed by atoms with Gasteiger partial charge in [-0.2, -0.15) is 0 Å². The van der Waals surface area contributed by atoms with Gasteiger partial charge in [-0.15, -0.1) is 0 Å². The van der Waals surface area contributed by atoms with Crippen molar-refractivity contribution in [2.24, 2.45) is 0 Å². The third-order valence-corrected chi connectivity index (χ3v) is 1.05. The van der Waals surface area contributed by atoms with Crippen molar-refractivity contribution in [3.8, 4) is 5.75 Å². The van der Waals surface area contributed by atoms with E-state index in [1.807, 2.05) is 18.2 Å². The summed E-state index contributed by atoms with van der Waals surface area (Å²) in [6, 6.07) is 9.06. The summed E-state index contributed by atoms with van der Waals surface area (Å²) in [5.74, 6) is 0.630. The molecule has 2 nitrogen and oxygen atoms in total. The van der Waals surface area contributed by atoms with Crippen molar-refractivity contribution >= 4 is 0 Å². The first kappa shape index (κ1) is 11.6. The zero-order valence-corrected chi connectivity index (χ0v) is 9.90. The minimum atomic E-state index is -0.984. The summed E-state index contributed by atoms with van der Waals surface area (Å²) in [4.78, 5) is 0. The molecule has 0 amide bonds. The molecule has 1 aromatic rings. The Balaban J connectivity index is 0.000001000. The van der Waals surface area contributed by atoms with E-state index in [4.69, 9.17) is 4.74 Å². The van der Waals surface area contributed by atoms with Crippen LogP contribution >= 0.6 is 0 Å². The molecule has 0 fully saturated rings. The Labute approximate surface area is 109 Å². The summed E-state index contributed by atoms with van der Waals surface area (Å²) in [6.45, 7) is 1.47. The van der Waals surface area contributed by atoms with Crippen molar-refractivity contribution in [3.63, 3.8) is 0 Å². The van der Waals surface area contributed by atoms with E-state index in [2.05, 4.69) is 0 Å². The SMILES string of the molecule is CC([O-])Oc1ccccc1.[K+]. The third kappa shape index (κ3) is 4.95. The van der Waals surface area contributed by atoms with E-state index >= 15 is 0 Å². The Morgan fingerprint density at radius 3 is 2.27 bits per heavy atom. The Hall–Kier alpha value is 0.616. The van der Waals surface area contributed by atoms with Gasteiger partial charge in [0.1, 0.15) is 5.75 Å². The Morgan fingerprint density at radius 2 is 1.82 bits per heavy atom. The summed E-state index contributed by atoms with van der Waals surface area (Å²) in [5.41, 5.74) is 0. The van der Waals surface area contributed by atoms with Crippen LogP contribution in [0, 0.1) is 0 Å². The first-order chi connectivity index (χ1) is 4.79. The maximum absolute atomic E-state index is 10.5. The van der Waals surface area contributed by atoms with Gasteiger partial charge in [0, 0.05) is 6.29 Å². The largest absolute Gasteiger partial charge is 1.00 e. The molecule has 0 aliphatic heterocycles. The van der Waals surface area contributed by atoms with Crippen molar-refractivity contribution in [1.82, 2.24) is 0 Å². The van der Waals surface area contributed by atoms with Gasteiger partial charge in [0.25, 0.3) is 0 Å². The maximum Gasteiger partial charge on any atom is 1.00 e. The van der Waals surface area contributed by atoms with Crippen LogP contribution in [0.25, 0.3) is 0 Å². The minimum Gasteiger partial charge on any atom is -0.822 e. The van der Waals surface area contributed by atoms with Crippen LogP contribution in [0.5, 0.6) is 5.75 Å². The fourth-order valence-electron chi connectivity index (χ4n) is 0.691. The topological polar surface area (TPSA) is 32.3 Å². The number of para-hydroxylation sites is 1. The fourth-order valence-corrected chi connectivity index (χ4v) is 0.691. The summed E-state index contributed by atoms with van der Waals surface area (Å²) in [7, 11) is 0. The van der Waals surface area contributed by atoms with E-state index in [9.17, 15) is 5.11 Å². The molecule has 3 heteroatoms. The first-order valence-corrected chi connectivity index (χ1v) is 3.16. The average Bonchev–Trinajstić information content (AvgIpc) is 1.88. The van der Waals surface area contributed by atoms with Gasteiger partial charge in [0.15, 0.2) is 0 Å². The van der Waals surface area contributed by atoms with Crippen LogP contribution in [0.3, 0.4) is 0 Å². The molecule has 0 aliphatic carbocycles. The van der Waals surface area contributed by atoms with Crippen LogP contribution in [-0.2, 0) is 0 Å².